The third-order valence-corrected chi connectivity index (χ3v) is 6.41. The Balaban J connectivity index is 2.11. The quantitative estimate of drug-likeness (QED) is 0.500. The van der Waals surface area contributed by atoms with Crippen molar-refractivity contribution in [1.82, 2.24) is 4.57 Å². The second kappa shape index (κ2) is 6.99. The molecule has 27 heavy (non-hydrogen) atoms. The van der Waals surface area contributed by atoms with Crippen molar-refractivity contribution in [3.05, 3.63) is 70.5 Å². The van der Waals surface area contributed by atoms with Crippen LogP contribution in [0.5, 0.6) is 0 Å². The van der Waals surface area contributed by atoms with Crippen LogP contribution in [0.3, 0.4) is 0 Å². The van der Waals surface area contributed by atoms with E-state index in [0.717, 1.165) is 0 Å². The van der Waals surface area contributed by atoms with Gasteiger partial charge in [-0.1, -0.05) is 36.4 Å². The Bertz CT molecular complexity index is 968. The summed E-state index contributed by atoms with van der Waals surface area (Å²) in [6.45, 7) is 11.3. The number of aryl methyl sites for hydroxylation is 3. The molecule has 0 radical (unpaired) electrons. The summed E-state index contributed by atoms with van der Waals surface area (Å²) in [5, 5.41) is 0. The molecule has 0 aliphatic heterocycles. The number of imidazole rings is 1. The van der Waals surface area contributed by atoms with Crippen molar-refractivity contribution in [1.29, 1.82) is 0 Å². The van der Waals surface area contributed by atoms with Crippen molar-refractivity contribution in [2.45, 2.75) is 66.3 Å². The predicted molar refractivity (Wildman–Crippen MR) is 113 cm³/mol. The van der Waals surface area contributed by atoms with E-state index in [-0.39, 0.29) is 0 Å². The zero-order valence-corrected chi connectivity index (χ0v) is 17.3. The summed E-state index contributed by atoms with van der Waals surface area (Å²) >= 11 is 0. The molecule has 1 aromatic heterocycles. The molecule has 1 fully saturated rings. The number of hydrogen-bond donors (Lipinski definition) is 0. The number of para-hydroxylation sites is 1. The first-order chi connectivity index (χ1) is 13.0. The van der Waals surface area contributed by atoms with Gasteiger partial charge in [0, 0.05) is 13.8 Å². The van der Waals surface area contributed by atoms with Gasteiger partial charge < -0.3 is 0 Å². The van der Waals surface area contributed by atoms with Crippen LogP contribution >= 0.6 is 0 Å². The van der Waals surface area contributed by atoms with Crippen LogP contribution < -0.4 is 4.57 Å². The molecule has 0 bridgehead atoms. The van der Waals surface area contributed by atoms with Gasteiger partial charge in [0.25, 0.3) is 5.82 Å². The van der Waals surface area contributed by atoms with Crippen LogP contribution in [0, 0.1) is 34.6 Å². The van der Waals surface area contributed by atoms with Crippen molar-refractivity contribution in [2.24, 2.45) is 0 Å². The summed E-state index contributed by atoms with van der Waals surface area (Å²) in [7, 11) is 0. The number of benzene rings is 2. The third kappa shape index (κ3) is 2.92. The highest BCUT2D eigenvalue weighted by molar-refractivity contribution is 5.66. The maximum atomic E-state index is 2.66. The SMILES string of the molecule is Cc1ccccc1-n1c(C)c(C)[n+](C2CCCC2)c1-c1c(C)cccc1C. The third-order valence-electron chi connectivity index (χ3n) is 6.41. The minimum absolute atomic E-state index is 0.614. The number of aromatic nitrogens is 2. The molecule has 140 valence electrons. The average Bonchev–Trinajstić information content (AvgIpc) is 3.24. The summed E-state index contributed by atoms with van der Waals surface area (Å²) in [5.74, 6) is 1.36. The van der Waals surface area contributed by atoms with Crippen LogP contribution in [0.2, 0.25) is 0 Å². The van der Waals surface area contributed by atoms with Gasteiger partial charge in [0.15, 0.2) is 0 Å². The molecule has 0 spiro atoms. The van der Waals surface area contributed by atoms with Gasteiger partial charge in [-0.15, -0.1) is 0 Å². The van der Waals surface area contributed by atoms with Gasteiger partial charge in [-0.2, -0.15) is 4.57 Å². The zero-order valence-electron chi connectivity index (χ0n) is 17.3. The molecule has 2 heteroatoms. The highest BCUT2D eigenvalue weighted by atomic mass is 15.2. The minimum atomic E-state index is 0.614. The van der Waals surface area contributed by atoms with E-state index in [1.54, 1.807) is 0 Å². The standard InChI is InChI=1S/C25H31N2/c1-17-11-6-9-16-23(17)27-21(5)20(4)26(22-14-7-8-15-22)25(27)24-18(2)12-10-13-19(24)3/h6,9-13,16,22H,7-8,14-15H2,1-5H3/q+1. The van der Waals surface area contributed by atoms with E-state index in [4.69, 9.17) is 0 Å². The van der Waals surface area contributed by atoms with Crippen LogP contribution in [-0.2, 0) is 0 Å². The topological polar surface area (TPSA) is 8.81 Å². The lowest BCUT2D eigenvalue weighted by Gasteiger charge is -2.15. The van der Waals surface area contributed by atoms with Gasteiger partial charge in [0.1, 0.15) is 23.1 Å². The Hall–Kier alpha value is -2.35. The first-order valence-electron chi connectivity index (χ1n) is 10.3. The number of hydrogen-bond acceptors (Lipinski definition) is 0. The Kier molecular flexibility index (Phi) is 4.67. The summed E-state index contributed by atoms with van der Waals surface area (Å²) in [6.07, 6.45) is 5.27. The smallest absolute Gasteiger partial charge is 0.224 e. The van der Waals surface area contributed by atoms with Crippen LogP contribution in [0.4, 0.5) is 0 Å². The van der Waals surface area contributed by atoms with E-state index in [1.165, 1.54) is 70.8 Å². The fourth-order valence-corrected chi connectivity index (χ4v) is 4.88. The molecule has 4 rings (SSSR count). The molecular formula is C25H31N2+. The summed E-state index contributed by atoms with van der Waals surface area (Å²) in [4.78, 5) is 0. The summed E-state index contributed by atoms with van der Waals surface area (Å²) < 4.78 is 5.17. The molecule has 1 aliphatic carbocycles. The largest absolute Gasteiger partial charge is 0.295 e. The van der Waals surface area contributed by atoms with Crippen LogP contribution in [0.1, 0.15) is 59.8 Å². The Labute approximate surface area is 163 Å². The Morgan fingerprint density at radius 1 is 0.778 bits per heavy atom. The van der Waals surface area contributed by atoms with Gasteiger partial charge in [-0.3, -0.25) is 0 Å². The molecule has 0 N–H and O–H groups in total. The summed E-state index contributed by atoms with van der Waals surface area (Å²) in [6, 6.07) is 16.1. The van der Waals surface area contributed by atoms with Crippen molar-refractivity contribution in [3.63, 3.8) is 0 Å². The van der Waals surface area contributed by atoms with Gasteiger partial charge in [-0.25, -0.2) is 4.57 Å². The number of nitrogens with zero attached hydrogens (tertiary/aromatic N) is 2. The van der Waals surface area contributed by atoms with Gasteiger partial charge >= 0.3 is 0 Å². The lowest BCUT2D eigenvalue weighted by atomic mass is 10.0. The fraction of sp³-hybridized carbons (Fsp3) is 0.400. The molecule has 0 amide bonds. The fourth-order valence-electron chi connectivity index (χ4n) is 4.88. The van der Waals surface area contributed by atoms with Crippen molar-refractivity contribution in [3.8, 4) is 17.1 Å². The molecule has 2 nitrogen and oxygen atoms in total. The molecular weight excluding hydrogens is 328 g/mol. The molecule has 0 saturated heterocycles. The first-order valence-corrected chi connectivity index (χ1v) is 10.3. The van der Waals surface area contributed by atoms with E-state index < -0.39 is 0 Å². The Morgan fingerprint density at radius 2 is 1.37 bits per heavy atom. The lowest BCUT2D eigenvalue weighted by molar-refractivity contribution is -0.716. The summed E-state index contributed by atoms with van der Waals surface area (Å²) in [5.41, 5.74) is 9.48. The van der Waals surface area contributed by atoms with E-state index in [9.17, 15) is 0 Å². The average molecular weight is 360 g/mol. The van der Waals surface area contributed by atoms with Crippen molar-refractivity contribution in [2.75, 3.05) is 0 Å². The Morgan fingerprint density at radius 3 is 2.00 bits per heavy atom. The first kappa shape index (κ1) is 18.0. The van der Waals surface area contributed by atoms with Crippen molar-refractivity contribution >= 4 is 0 Å². The second-order valence-electron chi connectivity index (χ2n) is 8.19. The van der Waals surface area contributed by atoms with E-state index in [2.05, 4.69) is 86.2 Å². The molecule has 0 atom stereocenters. The highest BCUT2D eigenvalue weighted by Gasteiger charge is 2.35. The normalized spacial score (nSPS) is 14.9. The molecule has 1 aliphatic rings. The van der Waals surface area contributed by atoms with E-state index >= 15 is 0 Å². The minimum Gasteiger partial charge on any atom is -0.224 e. The zero-order chi connectivity index (χ0) is 19.1. The molecule has 2 aromatic carbocycles. The van der Waals surface area contributed by atoms with Crippen LogP contribution in [0.15, 0.2) is 42.5 Å². The van der Waals surface area contributed by atoms with Gasteiger partial charge in [0.05, 0.1) is 5.56 Å². The maximum absolute atomic E-state index is 2.66. The van der Waals surface area contributed by atoms with Crippen LogP contribution in [-0.4, -0.2) is 4.57 Å². The molecule has 0 unspecified atom stereocenters. The van der Waals surface area contributed by atoms with Gasteiger partial charge in [0.2, 0.25) is 0 Å². The highest BCUT2D eigenvalue weighted by Crippen LogP contribution is 2.35. The lowest BCUT2D eigenvalue weighted by Crippen LogP contribution is -2.42. The second-order valence-corrected chi connectivity index (χ2v) is 8.19. The molecule has 3 aromatic rings. The molecule has 1 saturated carbocycles. The van der Waals surface area contributed by atoms with Crippen molar-refractivity contribution < 1.29 is 4.57 Å². The maximum Gasteiger partial charge on any atom is 0.295 e. The monoisotopic (exact) mass is 359 g/mol. The molecule has 1 heterocycles. The van der Waals surface area contributed by atoms with Gasteiger partial charge in [-0.05, 0) is 69.2 Å². The van der Waals surface area contributed by atoms with E-state index in [1.807, 2.05) is 0 Å². The number of rotatable bonds is 3. The van der Waals surface area contributed by atoms with E-state index in [0.29, 0.717) is 6.04 Å². The predicted octanol–water partition coefficient (Wildman–Crippen LogP) is 6.09. The van der Waals surface area contributed by atoms with Crippen LogP contribution in [0.25, 0.3) is 17.1 Å².